The summed E-state index contributed by atoms with van der Waals surface area (Å²) in [5.74, 6) is -2.16. The van der Waals surface area contributed by atoms with Crippen molar-refractivity contribution in [3.63, 3.8) is 0 Å². The second kappa shape index (κ2) is 11.9. The average Bonchev–Trinajstić information content (AvgIpc) is 2.90. The number of carbonyl (C=O) groups is 1. The fourth-order valence-electron chi connectivity index (χ4n) is 4.74. The van der Waals surface area contributed by atoms with Gasteiger partial charge >= 0.3 is 5.97 Å². The van der Waals surface area contributed by atoms with E-state index in [1.165, 1.54) is 22.4 Å². The van der Waals surface area contributed by atoms with Gasteiger partial charge in [-0.3, -0.25) is 0 Å². The molecule has 4 aromatic carbocycles. The third kappa shape index (κ3) is 6.64. The van der Waals surface area contributed by atoms with Gasteiger partial charge in [0, 0.05) is 17.6 Å². The highest BCUT2D eigenvalue weighted by molar-refractivity contribution is 5.89. The van der Waals surface area contributed by atoms with Crippen LogP contribution in [0.1, 0.15) is 48.4 Å². The zero-order valence-electron chi connectivity index (χ0n) is 21.9. The van der Waals surface area contributed by atoms with Crippen molar-refractivity contribution in [3.05, 3.63) is 107 Å². The lowest BCUT2D eigenvalue weighted by Crippen LogP contribution is -2.46. The summed E-state index contributed by atoms with van der Waals surface area (Å²) >= 11 is 0. The van der Waals surface area contributed by atoms with Gasteiger partial charge in [-0.1, -0.05) is 78.9 Å². The lowest BCUT2D eigenvalue weighted by Gasteiger charge is -2.28. The van der Waals surface area contributed by atoms with E-state index in [0.29, 0.717) is 5.56 Å². The van der Waals surface area contributed by atoms with E-state index < -0.39 is 29.6 Å². The van der Waals surface area contributed by atoms with Gasteiger partial charge in [0.15, 0.2) is 0 Å². The van der Waals surface area contributed by atoms with Gasteiger partial charge in [0.25, 0.3) is 0 Å². The minimum absolute atomic E-state index is 0.0365. The molecule has 2 atom stereocenters. The molecule has 1 unspecified atom stereocenters. The number of aromatic carboxylic acids is 1. The van der Waals surface area contributed by atoms with Crippen molar-refractivity contribution in [2.24, 2.45) is 0 Å². The third-order valence-electron chi connectivity index (χ3n) is 6.72. The van der Waals surface area contributed by atoms with E-state index in [1.54, 1.807) is 13.0 Å². The normalized spacial score (nSPS) is 13.4. The molecule has 0 amide bonds. The van der Waals surface area contributed by atoms with Gasteiger partial charge in [0.2, 0.25) is 0 Å². The Hall–Kier alpha value is -3.58. The molecule has 0 saturated carbocycles. The summed E-state index contributed by atoms with van der Waals surface area (Å²) in [6.07, 6.45) is -0.834. The molecule has 198 valence electrons. The number of carboxylic acid groups (broad SMARTS) is 1. The van der Waals surface area contributed by atoms with Crippen LogP contribution in [0.25, 0.3) is 21.9 Å². The quantitative estimate of drug-likeness (QED) is 0.216. The van der Waals surface area contributed by atoms with Crippen LogP contribution in [0.5, 0.6) is 0 Å². The minimum atomic E-state index is -1.34. The number of aliphatic hydroxyl groups is 1. The van der Waals surface area contributed by atoms with E-state index in [4.69, 9.17) is 4.74 Å². The second-order valence-corrected chi connectivity index (χ2v) is 10.3. The number of fused-ring (bicyclic) bond motifs is 1. The Kier molecular flexibility index (Phi) is 8.57. The first-order valence-corrected chi connectivity index (χ1v) is 12.8. The van der Waals surface area contributed by atoms with Crippen LogP contribution in [-0.4, -0.2) is 41.0 Å². The summed E-state index contributed by atoms with van der Waals surface area (Å²) in [6, 6.07) is 26.7. The van der Waals surface area contributed by atoms with Crippen LogP contribution in [-0.2, 0) is 11.2 Å². The Morgan fingerprint density at radius 2 is 1.66 bits per heavy atom. The van der Waals surface area contributed by atoms with Crippen molar-refractivity contribution in [2.45, 2.75) is 44.9 Å². The summed E-state index contributed by atoms with van der Waals surface area (Å²) in [5, 5.41) is 25.9. The van der Waals surface area contributed by atoms with Gasteiger partial charge in [-0.2, -0.15) is 0 Å². The molecule has 38 heavy (non-hydrogen) atoms. The third-order valence-corrected chi connectivity index (χ3v) is 6.72. The van der Waals surface area contributed by atoms with Gasteiger partial charge in [0.05, 0.1) is 24.4 Å². The molecule has 0 radical (unpaired) electrons. The second-order valence-electron chi connectivity index (χ2n) is 10.3. The maximum Gasteiger partial charge on any atom is 0.338 e. The Labute approximate surface area is 222 Å². The van der Waals surface area contributed by atoms with Crippen LogP contribution in [0.3, 0.4) is 0 Å². The van der Waals surface area contributed by atoms with Gasteiger partial charge < -0.3 is 20.3 Å². The summed E-state index contributed by atoms with van der Waals surface area (Å²) in [4.78, 5) is 11.6. The maximum atomic E-state index is 15.3. The summed E-state index contributed by atoms with van der Waals surface area (Å²) in [7, 11) is 0. The highest BCUT2D eigenvalue weighted by Gasteiger charge is 2.25. The molecule has 4 aromatic rings. The number of carboxylic acids is 1. The Balaban J connectivity index is 1.39. The predicted molar refractivity (Wildman–Crippen MR) is 149 cm³/mol. The van der Waals surface area contributed by atoms with Crippen LogP contribution in [0.4, 0.5) is 4.39 Å². The Morgan fingerprint density at radius 3 is 2.37 bits per heavy atom. The summed E-state index contributed by atoms with van der Waals surface area (Å²) in [6.45, 7) is 6.08. The van der Waals surface area contributed by atoms with Gasteiger partial charge in [0.1, 0.15) is 5.82 Å². The lowest BCUT2D eigenvalue weighted by atomic mass is 9.93. The first-order chi connectivity index (χ1) is 18.1. The fourth-order valence-corrected chi connectivity index (χ4v) is 4.74. The molecule has 4 rings (SSSR count). The number of halogens is 1. The number of nitrogens with one attached hydrogen (secondary N) is 1. The number of aliphatic hydroxyl groups excluding tert-OH is 1. The van der Waals surface area contributed by atoms with E-state index in [1.807, 2.05) is 42.5 Å². The molecule has 0 aliphatic carbocycles. The monoisotopic (exact) mass is 515 g/mol. The highest BCUT2D eigenvalue weighted by Crippen LogP contribution is 2.34. The Bertz CT molecular complexity index is 1400. The van der Waals surface area contributed by atoms with Gasteiger partial charge in [-0.15, -0.1) is 0 Å². The van der Waals surface area contributed by atoms with Crippen molar-refractivity contribution in [1.82, 2.24) is 5.32 Å². The zero-order valence-corrected chi connectivity index (χ0v) is 21.9. The van der Waals surface area contributed by atoms with Crippen LogP contribution < -0.4 is 5.32 Å². The molecular formula is C32H34FNO4. The fraction of sp³-hybridized carbons (Fsp3) is 0.281. The van der Waals surface area contributed by atoms with E-state index in [2.05, 4.69) is 49.5 Å². The van der Waals surface area contributed by atoms with Crippen LogP contribution in [0.2, 0.25) is 0 Å². The first-order valence-electron chi connectivity index (χ1n) is 12.8. The SMILES string of the molecule is CC(OC[C@H](O)CNC(C)(C)Cc1ccc2ccccc2c1)c1c(-c2ccccc2)ccc(C(=O)O)c1F. The number of hydrogen-bond acceptors (Lipinski definition) is 4. The zero-order chi connectivity index (χ0) is 27.3. The smallest absolute Gasteiger partial charge is 0.338 e. The molecule has 0 heterocycles. The lowest BCUT2D eigenvalue weighted by molar-refractivity contribution is -0.00526. The van der Waals surface area contributed by atoms with Crippen molar-refractivity contribution >= 4 is 16.7 Å². The standard InChI is InChI=1S/C32H34FNO4/c1-21(29-27(24-10-5-4-6-11-24)15-16-28(30(29)33)31(36)37)38-20-26(35)19-34-32(2,3)18-22-13-14-23-9-7-8-12-25(23)17-22/h4-17,21,26,34-35H,18-20H2,1-3H3,(H,36,37)/t21?,26-/m1/s1. The van der Waals surface area contributed by atoms with E-state index >= 15 is 4.39 Å². The average molecular weight is 516 g/mol. The molecule has 0 aromatic heterocycles. The highest BCUT2D eigenvalue weighted by atomic mass is 19.1. The summed E-state index contributed by atoms with van der Waals surface area (Å²) in [5.41, 5.74) is 1.98. The van der Waals surface area contributed by atoms with E-state index in [0.717, 1.165) is 12.0 Å². The first kappa shape index (κ1) is 27.5. The van der Waals surface area contributed by atoms with Crippen LogP contribution in [0, 0.1) is 5.82 Å². The van der Waals surface area contributed by atoms with Crippen LogP contribution in [0.15, 0.2) is 84.9 Å². The van der Waals surface area contributed by atoms with Crippen molar-refractivity contribution in [2.75, 3.05) is 13.2 Å². The topological polar surface area (TPSA) is 78.8 Å². The molecule has 0 saturated heterocycles. The molecule has 0 fully saturated rings. The molecule has 0 aliphatic rings. The maximum absolute atomic E-state index is 15.3. The number of hydrogen-bond donors (Lipinski definition) is 3. The molecule has 0 bridgehead atoms. The summed E-state index contributed by atoms with van der Waals surface area (Å²) < 4.78 is 21.2. The van der Waals surface area contributed by atoms with Crippen molar-refractivity contribution in [1.29, 1.82) is 0 Å². The Morgan fingerprint density at radius 1 is 0.974 bits per heavy atom. The minimum Gasteiger partial charge on any atom is -0.478 e. The molecule has 6 heteroatoms. The molecule has 0 spiro atoms. The van der Waals surface area contributed by atoms with Crippen LogP contribution >= 0.6 is 0 Å². The van der Waals surface area contributed by atoms with Gasteiger partial charge in [-0.25, -0.2) is 9.18 Å². The number of benzene rings is 4. The number of ether oxygens (including phenoxy) is 1. The van der Waals surface area contributed by atoms with E-state index in [9.17, 15) is 15.0 Å². The number of rotatable bonds is 11. The van der Waals surface area contributed by atoms with Crippen molar-refractivity contribution in [3.8, 4) is 11.1 Å². The predicted octanol–water partition coefficient (Wildman–Crippen LogP) is 6.39. The molecule has 0 aliphatic heterocycles. The molecular weight excluding hydrogens is 481 g/mol. The number of β-amino-alcohol motifs (C(OH)–C–C–N with tert-alkyl or cyclic N) is 1. The molecule has 5 nitrogen and oxygen atoms in total. The van der Waals surface area contributed by atoms with Crippen molar-refractivity contribution < 1.29 is 24.1 Å². The van der Waals surface area contributed by atoms with E-state index in [-0.39, 0.29) is 24.3 Å². The van der Waals surface area contributed by atoms with Gasteiger partial charge in [-0.05, 0) is 60.7 Å². The molecule has 3 N–H and O–H groups in total. The largest absolute Gasteiger partial charge is 0.478 e.